The molecule has 0 aromatic carbocycles. The highest BCUT2D eigenvalue weighted by atomic mass is 31.2. The molecule has 0 aromatic heterocycles. The summed E-state index contributed by atoms with van der Waals surface area (Å²) < 4.78 is 23.7. The molecule has 0 bridgehead atoms. The first kappa shape index (κ1) is 42.4. The number of phosphoric acid groups is 1. The highest BCUT2D eigenvalue weighted by Gasteiger charge is 2.54. The normalized spacial score (nSPS) is 13.7. The van der Waals surface area contributed by atoms with Crippen molar-refractivity contribution in [1.29, 1.82) is 0 Å². The second kappa shape index (κ2) is 25.6. The molecule has 0 saturated carbocycles. The van der Waals surface area contributed by atoms with Crippen LogP contribution in [0.15, 0.2) is 0 Å². The van der Waals surface area contributed by atoms with Gasteiger partial charge in [-0.2, -0.15) is 0 Å². The fourth-order valence-corrected chi connectivity index (χ4v) is 6.85. The lowest BCUT2D eigenvalue weighted by Gasteiger charge is -2.37. The molecular formula is C35H71NO6P+. The summed E-state index contributed by atoms with van der Waals surface area (Å²) in [4.78, 5) is 38.0. The van der Waals surface area contributed by atoms with Crippen molar-refractivity contribution in [3.8, 4) is 0 Å². The third kappa shape index (κ3) is 22.5. The quantitative estimate of drug-likeness (QED) is 0.0343. The van der Waals surface area contributed by atoms with Crippen molar-refractivity contribution in [3.63, 3.8) is 0 Å². The molecule has 1 atom stereocenters. The molecule has 0 amide bonds. The molecule has 0 aliphatic heterocycles. The number of nitrogens with zero attached hydrogens (tertiary/aromatic N) is 1. The van der Waals surface area contributed by atoms with Gasteiger partial charge in [-0.15, -0.1) is 0 Å². The molecule has 256 valence electrons. The monoisotopic (exact) mass is 633 g/mol. The van der Waals surface area contributed by atoms with Gasteiger partial charge in [0.05, 0.1) is 27.7 Å². The summed E-state index contributed by atoms with van der Waals surface area (Å²) in [7, 11) is 1.01. The summed E-state index contributed by atoms with van der Waals surface area (Å²) in [5.41, 5.74) is -1.98. The Hall–Kier alpha value is -0.590. The van der Waals surface area contributed by atoms with E-state index in [0.29, 0.717) is 12.8 Å². The van der Waals surface area contributed by atoms with E-state index < -0.39 is 25.0 Å². The van der Waals surface area contributed by atoms with Gasteiger partial charge >= 0.3 is 7.82 Å². The Morgan fingerprint density at radius 3 is 1.16 bits per heavy atom. The first-order valence-corrected chi connectivity index (χ1v) is 19.5. The van der Waals surface area contributed by atoms with Gasteiger partial charge in [-0.25, -0.2) is 4.57 Å². The van der Waals surface area contributed by atoms with Crippen LogP contribution in [-0.2, 0) is 23.2 Å². The van der Waals surface area contributed by atoms with E-state index in [1.54, 1.807) is 6.92 Å². The van der Waals surface area contributed by atoms with E-state index in [2.05, 4.69) is 13.8 Å². The Kier molecular flexibility index (Phi) is 25.2. The Morgan fingerprint density at radius 2 is 0.884 bits per heavy atom. The van der Waals surface area contributed by atoms with E-state index in [9.17, 15) is 19.0 Å². The van der Waals surface area contributed by atoms with Crippen LogP contribution in [0.1, 0.15) is 175 Å². The first-order chi connectivity index (χ1) is 20.4. The second-order valence-corrected chi connectivity index (χ2v) is 15.0. The summed E-state index contributed by atoms with van der Waals surface area (Å²) in [6.45, 7) is 6.01. The maximum absolute atomic E-state index is 13.8. The smallest absolute Gasteiger partial charge is 0.328 e. The van der Waals surface area contributed by atoms with Gasteiger partial charge in [-0.3, -0.25) is 18.6 Å². The predicted octanol–water partition coefficient (Wildman–Crippen LogP) is 10.1. The maximum atomic E-state index is 13.8. The summed E-state index contributed by atoms with van der Waals surface area (Å²) in [6, 6.07) is 0. The van der Waals surface area contributed by atoms with Gasteiger partial charge in [0.15, 0.2) is 11.6 Å². The molecule has 0 heterocycles. The molecule has 0 aromatic rings. The van der Waals surface area contributed by atoms with Gasteiger partial charge in [0.1, 0.15) is 6.54 Å². The molecule has 0 aliphatic carbocycles. The minimum absolute atomic E-state index is 0.00163. The van der Waals surface area contributed by atoms with E-state index in [4.69, 9.17) is 9.05 Å². The zero-order valence-corrected chi connectivity index (χ0v) is 30.2. The average molecular weight is 633 g/mol. The number of quaternary nitrogens is 1. The van der Waals surface area contributed by atoms with Crippen LogP contribution in [-0.4, -0.2) is 60.8 Å². The van der Waals surface area contributed by atoms with Crippen LogP contribution in [0.25, 0.3) is 0 Å². The Labute approximate surface area is 266 Å². The Balaban J connectivity index is 5.04. The van der Waals surface area contributed by atoms with E-state index in [0.717, 1.165) is 38.5 Å². The zero-order valence-electron chi connectivity index (χ0n) is 29.3. The van der Waals surface area contributed by atoms with E-state index in [-0.39, 0.29) is 30.5 Å². The van der Waals surface area contributed by atoms with Crippen molar-refractivity contribution in [2.24, 2.45) is 0 Å². The number of Topliss-reactive ketones (excluding diaryl/α,β-unsaturated/α-hetero) is 2. The van der Waals surface area contributed by atoms with Gasteiger partial charge in [0.25, 0.3) is 0 Å². The summed E-state index contributed by atoms with van der Waals surface area (Å²) in [5, 5.41) is 0. The summed E-state index contributed by atoms with van der Waals surface area (Å²) in [6.07, 6.45) is 25.9. The minimum Gasteiger partial charge on any atom is -0.328 e. The van der Waals surface area contributed by atoms with Crippen LogP contribution in [0.2, 0.25) is 0 Å². The number of hydrogen-bond acceptors (Lipinski definition) is 5. The van der Waals surface area contributed by atoms with Crippen molar-refractivity contribution < 1.29 is 32.6 Å². The second-order valence-electron chi connectivity index (χ2n) is 13.7. The number of carbonyl (C=O) groups is 2. The maximum Gasteiger partial charge on any atom is 0.473 e. The molecule has 0 fully saturated rings. The van der Waals surface area contributed by atoms with Gasteiger partial charge in [-0.1, -0.05) is 142 Å². The van der Waals surface area contributed by atoms with Crippen molar-refractivity contribution in [2.45, 2.75) is 180 Å². The molecule has 8 heteroatoms. The average Bonchev–Trinajstić information content (AvgIpc) is 2.93. The molecule has 0 aliphatic rings. The molecule has 0 saturated heterocycles. The van der Waals surface area contributed by atoms with Gasteiger partial charge in [-0.05, 0) is 19.8 Å². The SMILES string of the molecule is CCCCCCCCCCCCCC(=O)C(C[N+](C)(C)C)(OP(=O)(O)OCC)C(=O)CCCCCCCCCCCCC. The first-order valence-electron chi connectivity index (χ1n) is 18.0. The summed E-state index contributed by atoms with van der Waals surface area (Å²) >= 11 is 0. The number of likely N-dealkylation sites (N-methyl/N-ethyl adjacent to an activating group) is 1. The van der Waals surface area contributed by atoms with E-state index in [1.165, 1.54) is 89.9 Å². The molecule has 1 N–H and O–H groups in total. The van der Waals surface area contributed by atoms with Crippen LogP contribution in [0.3, 0.4) is 0 Å². The number of ketones is 2. The lowest BCUT2D eigenvalue weighted by Crippen LogP contribution is -2.59. The fourth-order valence-electron chi connectivity index (χ4n) is 5.82. The largest absolute Gasteiger partial charge is 0.473 e. The lowest BCUT2D eigenvalue weighted by molar-refractivity contribution is -0.874. The molecule has 43 heavy (non-hydrogen) atoms. The fraction of sp³-hybridized carbons (Fsp3) is 0.943. The third-order valence-electron chi connectivity index (χ3n) is 8.18. The molecule has 7 nitrogen and oxygen atoms in total. The number of phosphoric ester groups is 1. The number of unbranched alkanes of at least 4 members (excludes halogenated alkanes) is 20. The van der Waals surface area contributed by atoms with Crippen LogP contribution in [0, 0.1) is 0 Å². The Morgan fingerprint density at radius 1 is 0.581 bits per heavy atom. The predicted molar refractivity (Wildman–Crippen MR) is 180 cm³/mol. The highest BCUT2D eigenvalue weighted by Crippen LogP contribution is 2.49. The standard InChI is InChI=1S/C35H70NO6P/c1-7-10-12-14-16-18-20-22-24-26-28-30-33(37)35(32-36(4,5)6,42-43(39,40)41-9-3)34(38)31-29-27-25-23-21-19-17-15-13-11-8-2/h7-32H2,1-6H3/p+1. The van der Waals surface area contributed by atoms with Crippen molar-refractivity contribution in [2.75, 3.05) is 34.3 Å². The molecule has 0 spiro atoms. The lowest BCUT2D eigenvalue weighted by atomic mass is 9.86. The van der Waals surface area contributed by atoms with Crippen LogP contribution >= 0.6 is 7.82 Å². The van der Waals surface area contributed by atoms with E-state index >= 15 is 0 Å². The molecule has 0 rings (SSSR count). The van der Waals surface area contributed by atoms with E-state index in [1.807, 2.05) is 21.1 Å². The number of hydrogen-bond donors (Lipinski definition) is 1. The third-order valence-corrected chi connectivity index (χ3v) is 9.30. The van der Waals surface area contributed by atoms with Crippen molar-refractivity contribution >= 4 is 19.4 Å². The topological polar surface area (TPSA) is 89.9 Å². The van der Waals surface area contributed by atoms with Gasteiger partial charge in [0.2, 0.25) is 5.60 Å². The molecular weight excluding hydrogens is 561 g/mol. The van der Waals surface area contributed by atoms with Crippen LogP contribution in [0.4, 0.5) is 0 Å². The van der Waals surface area contributed by atoms with Crippen molar-refractivity contribution in [3.05, 3.63) is 0 Å². The van der Waals surface area contributed by atoms with Crippen LogP contribution < -0.4 is 0 Å². The molecule has 0 radical (unpaired) electrons. The number of rotatable bonds is 32. The minimum atomic E-state index is -4.60. The van der Waals surface area contributed by atoms with Gasteiger partial charge in [0, 0.05) is 12.8 Å². The van der Waals surface area contributed by atoms with Gasteiger partial charge < -0.3 is 9.38 Å². The number of carbonyl (C=O) groups excluding carboxylic acids is 2. The Bertz CT molecular complexity index is 713. The van der Waals surface area contributed by atoms with Crippen molar-refractivity contribution in [1.82, 2.24) is 0 Å². The zero-order chi connectivity index (χ0) is 32.5. The highest BCUT2D eigenvalue weighted by molar-refractivity contribution is 7.47. The van der Waals surface area contributed by atoms with Crippen LogP contribution in [0.5, 0.6) is 0 Å². The summed E-state index contributed by atoms with van der Waals surface area (Å²) in [5.74, 6) is -0.781. The molecule has 1 unspecified atom stereocenters.